The van der Waals surface area contributed by atoms with Crippen LogP contribution in [0.25, 0.3) is 0 Å². The second-order valence-corrected chi connectivity index (χ2v) is 12.1. The van der Waals surface area contributed by atoms with E-state index in [2.05, 4.69) is 27.3 Å². The first-order valence-electron chi connectivity index (χ1n) is 14.6. The van der Waals surface area contributed by atoms with E-state index in [0.29, 0.717) is 16.0 Å². The first kappa shape index (κ1) is 26.8. The van der Waals surface area contributed by atoms with E-state index >= 15 is 0 Å². The summed E-state index contributed by atoms with van der Waals surface area (Å²) in [7, 11) is 0. The lowest BCUT2D eigenvalue weighted by atomic mass is 9.71. The van der Waals surface area contributed by atoms with Crippen LogP contribution in [0.2, 0.25) is 5.02 Å². The molecule has 3 aliphatic rings. The van der Waals surface area contributed by atoms with Gasteiger partial charge in [0.15, 0.2) is 0 Å². The van der Waals surface area contributed by atoms with Crippen LogP contribution in [0.5, 0.6) is 0 Å². The summed E-state index contributed by atoms with van der Waals surface area (Å²) in [5.74, 6) is -0.0676. The number of amides is 2. The summed E-state index contributed by atoms with van der Waals surface area (Å²) in [5, 5.41) is 3.66. The average molecular weight is 557 g/mol. The summed E-state index contributed by atoms with van der Waals surface area (Å²) in [6.07, 6.45) is 12.1. The molecule has 7 heteroatoms. The number of hydrogen-bond donors (Lipinski definition) is 1. The average Bonchev–Trinajstić information content (AvgIpc) is 3.20. The van der Waals surface area contributed by atoms with E-state index in [1.54, 1.807) is 12.1 Å². The van der Waals surface area contributed by atoms with Crippen molar-refractivity contribution in [1.82, 2.24) is 15.2 Å². The third kappa shape index (κ3) is 5.60. The lowest BCUT2D eigenvalue weighted by Crippen LogP contribution is -2.48. The molecule has 1 unspecified atom stereocenters. The van der Waals surface area contributed by atoms with Crippen LogP contribution in [-0.2, 0) is 6.42 Å². The number of halogens is 1. The molecule has 0 saturated carbocycles. The third-order valence-electron chi connectivity index (χ3n) is 9.33. The smallest absolute Gasteiger partial charge is 0.253 e. The van der Waals surface area contributed by atoms with Crippen LogP contribution >= 0.6 is 11.6 Å². The second-order valence-electron chi connectivity index (χ2n) is 11.7. The fourth-order valence-electron chi connectivity index (χ4n) is 6.78. The molecule has 2 aliphatic heterocycles. The van der Waals surface area contributed by atoms with E-state index in [1.807, 2.05) is 47.6 Å². The van der Waals surface area contributed by atoms with E-state index in [-0.39, 0.29) is 17.9 Å². The normalized spacial score (nSPS) is 20.5. The van der Waals surface area contributed by atoms with Crippen LogP contribution in [0.3, 0.4) is 0 Å². The molecule has 2 saturated heterocycles. The Morgan fingerprint density at radius 3 is 2.45 bits per heavy atom. The van der Waals surface area contributed by atoms with E-state index in [9.17, 15) is 9.59 Å². The number of nitrogens with zero attached hydrogens (tertiary/aromatic N) is 3. The summed E-state index contributed by atoms with van der Waals surface area (Å²) in [5.41, 5.74) is 5.03. The fourth-order valence-corrected chi connectivity index (χ4v) is 7.00. The van der Waals surface area contributed by atoms with Crippen LogP contribution in [0.15, 0.2) is 67.0 Å². The van der Waals surface area contributed by atoms with Crippen LogP contribution in [0.4, 0.5) is 5.69 Å². The van der Waals surface area contributed by atoms with Gasteiger partial charge in [0.2, 0.25) is 0 Å². The van der Waals surface area contributed by atoms with Gasteiger partial charge in [-0.3, -0.25) is 14.6 Å². The molecule has 2 amide bonds. The fraction of sp³-hybridized carbons (Fsp3) is 0.424. The molecule has 3 aromatic rings. The molecule has 208 valence electrons. The van der Waals surface area contributed by atoms with Crippen molar-refractivity contribution in [3.63, 3.8) is 0 Å². The van der Waals surface area contributed by atoms with Crippen molar-refractivity contribution in [2.24, 2.45) is 5.41 Å². The highest BCUT2D eigenvalue weighted by Crippen LogP contribution is 2.42. The molecule has 1 aliphatic carbocycles. The summed E-state index contributed by atoms with van der Waals surface area (Å²) >= 11 is 6.30. The number of carbonyl (C=O) groups is 2. The maximum atomic E-state index is 13.7. The van der Waals surface area contributed by atoms with Crippen molar-refractivity contribution >= 4 is 29.1 Å². The Balaban J connectivity index is 1.12. The number of benzene rings is 2. The zero-order chi connectivity index (χ0) is 27.5. The van der Waals surface area contributed by atoms with Crippen LogP contribution in [0.1, 0.15) is 82.8 Å². The number of aromatic nitrogens is 1. The molecular weight excluding hydrogens is 520 g/mol. The maximum Gasteiger partial charge on any atom is 0.253 e. The minimum atomic E-state index is -0.170. The van der Waals surface area contributed by atoms with Gasteiger partial charge in [-0.25, -0.2) is 0 Å². The van der Waals surface area contributed by atoms with Crippen LogP contribution in [-0.4, -0.2) is 47.9 Å². The predicted octanol–water partition coefficient (Wildman–Crippen LogP) is 6.46. The minimum Gasteiger partial charge on any atom is -0.370 e. The van der Waals surface area contributed by atoms with Crippen LogP contribution < -0.4 is 10.2 Å². The summed E-state index contributed by atoms with van der Waals surface area (Å²) in [6.45, 7) is 3.70. The molecule has 2 fully saturated rings. The van der Waals surface area contributed by atoms with Crippen molar-refractivity contribution in [3.8, 4) is 0 Å². The summed E-state index contributed by atoms with van der Waals surface area (Å²) < 4.78 is 0. The number of pyridine rings is 1. The predicted molar refractivity (Wildman–Crippen MR) is 159 cm³/mol. The zero-order valence-corrected chi connectivity index (χ0v) is 23.7. The highest BCUT2D eigenvalue weighted by Gasteiger charge is 2.39. The Morgan fingerprint density at radius 1 is 0.925 bits per heavy atom. The third-order valence-corrected chi connectivity index (χ3v) is 9.66. The Morgan fingerprint density at radius 2 is 1.70 bits per heavy atom. The van der Waals surface area contributed by atoms with Crippen molar-refractivity contribution in [1.29, 1.82) is 0 Å². The SMILES string of the molecule is O=C(NC1CCCCc2ccc(C(=O)N3CCC4(CC3)CCN(c3cccnc3)CC4)cc21)c1ccccc1Cl. The largest absolute Gasteiger partial charge is 0.370 e. The lowest BCUT2D eigenvalue weighted by molar-refractivity contribution is 0.0515. The quantitative estimate of drug-likeness (QED) is 0.375. The van der Waals surface area contributed by atoms with E-state index in [1.165, 1.54) is 11.3 Å². The van der Waals surface area contributed by atoms with Crippen molar-refractivity contribution in [2.45, 2.75) is 57.4 Å². The zero-order valence-electron chi connectivity index (χ0n) is 22.9. The number of piperidine rings is 2. The van der Waals surface area contributed by atoms with Gasteiger partial charge in [-0.2, -0.15) is 0 Å². The van der Waals surface area contributed by atoms with Gasteiger partial charge in [-0.05, 0) is 97.9 Å². The highest BCUT2D eigenvalue weighted by molar-refractivity contribution is 6.33. The van der Waals surface area contributed by atoms with Gasteiger partial charge in [-0.15, -0.1) is 0 Å². The number of hydrogen-bond acceptors (Lipinski definition) is 4. The molecule has 1 spiro atoms. The number of nitrogens with one attached hydrogen (secondary N) is 1. The number of fused-ring (bicyclic) bond motifs is 1. The molecule has 1 N–H and O–H groups in total. The Kier molecular flexibility index (Phi) is 7.79. The monoisotopic (exact) mass is 556 g/mol. The van der Waals surface area contributed by atoms with Gasteiger partial charge >= 0.3 is 0 Å². The van der Waals surface area contributed by atoms with E-state index in [4.69, 9.17) is 11.6 Å². The molecule has 0 radical (unpaired) electrons. The first-order chi connectivity index (χ1) is 19.5. The summed E-state index contributed by atoms with van der Waals surface area (Å²) in [4.78, 5) is 35.5. The number of anilines is 1. The number of aryl methyl sites for hydroxylation is 1. The van der Waals surface area contributed by atoms with Gasteiger partial charge in [-0.1, -0.05) is 36.2 Å². The number of rotatable bonds is 4. The summed E-state index contributed by atoms with van der Waals surface area (Å²) in [6, 6.07) is 17.3. The van der Waals surface area contributed by atoms with Crippen molar-refractivity contribution in [2.75, 3.05) is 31.1 Å². The molecule has 1 aromatic heterocycles. The molecule has 1 atom stereocenters. The Hall–Kier alpha value is -3.38. The molecule has 6 nitrogen and oxygen atoms in total. The molecule has 3 heterocycles. The van der Waals surface area contributed by atoms with Gasteiger partial charge in [0.05, 0.1) is 28.5 Å². The van der Waals surface area contributed by atoms with Gasteiger partial charge in [0.1, 0.15) is 0 Å². The molecule has 2 aromatic carbocycles. The van der Waals surface area contributed by atoms with Crippen LogP contribution in [0, 0.1) is 5.41 Å². The van der Waals surface area contributed by atoms with Gasteiger partial charge in [0.25, 0.3) is 11.8 Å². The minimum absolute atomic E-state index is 0.103. The second kappa shape index (κ2) is 11.6. The topological polar surface area (TPSA) is 65.5 Å². The highest BCUT2D eigenvalue weighted by atomic mass is 35.5. The Bertz CT molecular complexity index is 1360. The first-order valence-corrected chi connectivity index (χ1v) is 15.0. The van der Waals surface area contributed by atoms with Gasteiger partial charge in [0, 0.05) is 37.9 Å². The molecule has 40 heavy (non-hydrogen) atoms. The molecule has 6 rings (SSSR count). The molecule has 0 bridgehead atoms. The number of carbonyl (C=O) groups excluding carboxylic acids is 2. The Labute approximate surface area is 241 Å². The molecular formula is C33H37ClN4O2. The van der Waals surface area contributed by atoms with Crippen molar-refractivity contribution in [3.05, 3.63) is 94.3 Å². The maximum absolute atomic E-state index is 13.7. The van der Waals surface area contributed by atoms with Crippen molar-refractivity contribution < 1.29 is 9.59 Å². The number of likely N-dealkylation sites (tertiary alicyclic amines) is 1. The van der Waals surface area contributed by atoms with Gasteiger partial charge < -0.3 is 15.1 Å². The van der Waals surface area contributed by atoms with E-state index < -0.39 is 0 Å². The van der Waals surface area contributed by atoms with E-state index in [0.717, 1.165) is 88.7 Å². The standard InChI is InChI=1S/C33H37ClN4O2/c34-29-9-3-2-8-27(29)31(39)36-30-10-4-1-6-24-11-12-25(22-28(24)30)32(40)38-20-15-33(16-21-38)13-18-37(19-14-33)26-7-5-17-35-23-26/h2-3,5,7-9,11-12,17,22-23,30H,1,4,6,10,13-16,18-21H2,(H,36,39). The lowest BCUT2D eigenvalue weighted by Gasteiger charge is -2.47.